The van der Waals surface area contributed by atoms with E-state index in [0.29, 0.717) is 4.88 Å². The molecule has 6 heteroatoms. The van der Waals surface area contributed by atoms with Gasteiger partial charge in [-0.2, -0.15) is 0 Å². The van der Waals surface area contributed by atoms with Crippen LogP contribution in [0.2, 0.25) is 0 Å². The van der Waals surface area contributed by atoms with Crippen molar-refractivity contribution < 1.29 is 9.90 Å². The summed E-state index contributed by atoms with van der Waals surface area (Å²) in [4.78, 5) is 20.7. The molecule has 4 nitrogen and oxygen atoms in total. The number of nitrogens with zero attached hydrogens (tertiary/aromatic N) is 2. The molecule has 0 saturated carbocycles. The average molecular weight is 280 g/mol. The number of rotatable bonds is 4. The number of hydrogen-bond acceptors (Lipinski definition) is 5. The largest absolute Gasteiger partial charge is 0.477 e. The van der Waals surface area contributed by atoms with Crippen LogP contribution in [0.3, 0.4) is 0 Å². The quantitative estimate of drug-likeness (QED) is 0.871. The number of thiophene rings is 1. The lowest BCUT2D eigenvalue weighted by Crippen LogP contribution is -1.95. The highest BCUT2D eigenvalue weighted by atomic mass is 32.2. The summed E-state index contributed by atoms with van der Waals surface area (Å²) in [5.41, 5.74) is 0.999. The second-order valence-electron chi connectivity index (χ2n) is 3.65. The summed E-state index contributed by atoms with van der Waals surface area (Å²) < 4.78 is 0. The minimum absolute atomic E-state index is 0.346. The number of aromatic nitrogens is 2. The van der Waals surface area contributed by atoms with E-state index in [0.717, 1.165) is 27.9 Å². The average Bonchev–Trinajstić information content (AvgIpc) is 2.76. The highest BCUT2D eigenvalue weighted by Crippen LogP contribution is 2.30. The fourth-order valence-electron chi connectivity index (χ4n) is 1.44. The molecule has 0 fully saturated rings. The Bertz CT molecular complexity index is 581. The van der Waals surface area contributed by atoms with Crippen molar-refractivity contribution in [2.24, 2.45) is 0 Å². The van der Waals surface area contributed by atoms with Crippen LogP contribution in [0.15, 0.2) is 27.4 Å². The first-order valence-corrected chi connectivity index (χ1v) is 7.12. The zero-order valence-electron chi connectivity index (χ0n) is 10.0. The smallest absolute Gasteiger partial charge is 0.345 e. The molecule has 0 atom stereocenters. The first-order chi connectivity index (χ1) is 8.58. The van der Waals surface area contributed by atoms with E-state index in [-0.39, 0.29) is 0 Å². The topological polar surface area (TPSA) is 63.1 Å². The number of aryl methyl sites for hydroxylation is 2. The maximum absolute atomic E-state index is 10.8. The summed E-state index contributed by atoms with van der Waals surface area (Å²) in [6, 6.07) is 3.61. The molecule has 18 heavy (non-hydrogen) atoms. The zero-order chi connectivity index (χ0) is 13.1. The van der Waals surface area contributed by atoms with Gasteiger partial charge in [0.05, 0.1) is 0 Å². The summed E-state index contributed by atoms with van der Waals surface area (Å²) in [6.07, 6.45) is 0.862. The standard InChI is InChI=1S/C12H12N2O2S2/c1-3-8-4-11(14-7(2)13-8)18-9-5-10(12(15)16)17-6-9/h4-6H,3H2,1-2H3,(H,15,16). The summed E-state index contributed by atoms with van der Waals surface area (Å²) in [6.45, 7) is 3.91. The lowest BCUT2D eigenvalue weighted by molar-refractivity contribution is 0.0702. The lowest BCUT2D eigenvalue weighted by atomic mass is 10.3. The Labute approximate surface area is 113 Å². The molecule has 0 aliphatic heterocycles. The van der Waals surface area contributed by atoms with Gasteiger partial charge in [-0.15, -0.1) is 11.3 Å². The van der Waals surface area contributed by atoms with Gasteiger partial charge in [-0.25, -0.2) is 14.8 Å². The first kappa shape index (κ1) is 13.0. The number of carboxylic acid groups (broad SMARTS) is 1. The van der Waals surface area contributed by atoms with Crippen LogP contribution in [-0.4, -0.2) is 21.0 Å². The van der Waals surface area contributed by atoms with Gasteiger partial charge in [-0.1, -0.05) is 18.7 Å². The van der Waals surface area contributed by atoms with Gasteiger partial charge in [-0.05, 0) is 25.5 Å². The van der Waals surface area contributed by atoms with Gasteiger partial charge < -0.3 is 5.11 Å². The number of carbonyl (C=O) groups is 1. The van der Waals surface area contributed by atoms with Crippen LogP contribution in [0, 0.1) is 6.92 Å². The molecule has 2 rings (SSSR count). The van der Waals surface area contributed by atoms with Crippen molar-refractivity contribution in [2.45, 2.75) is 30.2 Å². The summed E-state index contributed by atoms with van der Waals surface area (Å²) in [5.74, 6) is -0.148. The number of hydrogen-bond donors (Lipinski definition) is 1. The van der Waals surface area contributed by atoms with Crippen molar-refractivity contribution in [3.8, 4) is 0 Å². The number of aromatic carboxylic acids is 1. The Morgan fingerprint density at radius 1 is 1.44 bits per heavy atom. The third kappa shape index (κ3) is 3.08. The third-order valence-electron chi connectivity index (χ3n) is 2.24. The van der Waals surface area contributed by atoms with E-state index in [1.165, 1.54) is 23.1 Å². The third-order valence-corrected chi connectivity index (χ3v) is 4.20. The molecule has 0 aliphatic rings. The molecular formula is C12H12N2O2S2. The van der Waals surface area contributed by atoms with Crippen molar-refractivity contribution in [3.63, 3.8) is 0 Å². The molecule has 0 amide bonds. The normalized spacial score (nSPS) is 10.6. The van der Waals surface area contributed by atoms with Gasteiger partial charge in [0.25, 0.3) is 0 Å². The fraction of sp³-hybridized carbons (Fsp3) is 0.250. The van der Waals surface area contributed by atoms with Gasteiger partial charge in [-0.3, -0.25) is 0 Å². The van der Waals surface area contributed by atoms with Crippen molar-refractivity contribution in [1.29, 1.82) is 0 Å². The van der Waals surface area contributed by atoms with Crippen LogP contribution in [0.4, 0.5) is 0 Å². The maximum atomic E-state index is 10.8. The first-order valence-electron chi connectivity index (χ1n) is 5.42. The van der Waals surface area contributed by atoms with Gasteiger partial charge in [0, 0.05) is 16.0 Å². The Morgan fingerprint density at radius 3 is 2.83 bits per heavy atom. The van der Waals surface area contributed by atoms with Crippen LogP contribution < -0.4 is 0 Å². The van der Waals surface area contributed by atoms with Crippen molar-refractivity contribution >= 4 is 29.1 Å². The predicted octanol–water partition coefficient (Wildman–Crippen LogP) is 3.26. The van der Waals surface area contributed by atoms with Crippen molar-refractivity contribution in [2.75, 3.05) is 0 Å². The molecule has 0 spiro atoms. The van der Waals surface area contributed by atoms with Crippen LogP contribution in [-0.2, 0) is 6.42 Å². The van der Waals surface area contributed by atoms with E-state index >= 15 is 0 Å². The zero-order valence-corrected chi connectivity index (χ0v) is 11.6. The molecule has 0 saturated heterocycles. The molecule has 0 radical (unpaired) electrons. The van der Waals surface area contributed by atoms with E-state index < -0.39 is 5.97 Å². The molecule has 0 aromatic carbocycles. The Kier molecular flexibility index (Phi) is 3.98. The van der Waals surface area contributed by atoms with Gasteiger partial charge in [0.2, 0.25) is 0 Å². The SMILES string of the molecule is CCc1cc(Sc2csc(C(=O)O)c2)nc(C)n1. The van der Waals surface area contributed by atoms with Crippen molar-refractivity contribution in [3.05, 3.63) is 33.9 Å². The van der Waals surface area contributed by atoms with Gasteiger partial charge in [0.15, 0.2) is 0 Å². The van der Waals surface area contributed by atoms with Gasteiger partial charge >= 0.3 is 5.97 Å². The molecule has 94 valence electrons. The molecule has 0 aliphatic carbocycles. The predicted molar refractivity (Wildman–Crippen MR) is 71.5 cm³/mol. The molecule has 2 heterocycles. The molecule has 0 unspecified atom stereocenters. The molecule has 2 aromatic heterocycles. The Balaban J connectivity index is 2.22. The molecule has 1 N–H and O–H groups in total. The number of carboxylic acids is 1. The minimum Gasteiger partial charge on any atom is -0.477 e. The van der Waals surface area contributed by atoms with Crippen LogP contribution >= 0.6 is 23.1 Å². The van der Waals surface area contributed by atoms with E-state index in [1.807, 2.05) is 25.3 Å². The molecular weight excluding hydrogens is 268 g/mol. The summed E-state index contributed by atoms with van der Waals surface area (Å²) >= 11 is 2.69. The second-order valence-corrected chi connectivity index (χ2v) is 5.66. The van der Waals surface area contributed by atoms with E-state index in [1.54, 1.807) is 6.07 Å². The Hall–Kier alpha value is -1.40. The minimum atomic E-state index is -0.889. The maximum Gasteiger partial charge on any atom is 0.345 e. The van der Waals surface area contributed by atoms with Crippen molar-refractivity contribution in [1.82, 2.24) is 9.97 Å². The van der Waals surface area contributed by atoms with Gasteiger partial charge in [0.1, 0.15) is 15.7 Å². The van der Waals surface area contributed by atoms with Crippen LogP contribution in [0.5, 0.6) is 0 Å². The monoisotopic (exact) mass is 280 g/mol. The highest BCUT2D eigenvalue weighted by molar-refractivity contribution is 7.99. The van der Waals surface area contributed by atoms with Crippen LogP contribution in [0.1, 0.15) is 28.1 Å². The molecule has 2 aromatic rings. The van der Waals surface area contributed by atoms with E-state index in [2.05, 4.69) is 9.97 Å². The Morgan fingerprint density at radius 2 is 2.22 bits per heavy atom. The summed E-state index contributed by atoms with van der Waals surface area (Å²) in [5, 5.41) is 11.6. The molecule has 0 bridgehead atoms. The fourth-order valence-corrected chi connectivity index (χ4v) is 3.25. The summed E-state index contributed by atoms with van der Waals surface area (Å²) in [7, 11) is 0. The highest BCUT2D eigenvalue weighted by Gasteiger charge is 2.09. The van der Waals surface area contributed by atoms with E-state index in [9.17, 15) is 4.79 Å². The van der Waals surface area contributed by atoms with Crippen LogP contribution in [0.25, 0.3) is 0 Å². The second kappa shape index (κ2) is 5.49. The lowest BCUT2D eigenvalue weighted by Gasteiger charge is -2.02. The van der Waals surface area contributed by atoms with E-state index in [4.69, 9.17) is 5.11 Å².